The molecule has 4 aromatic heterocycles. The van der Waals surface area contributed by atoms with Gasteiger partial charge in [0.2, 0.25) is 5.43 Å². The van der Waals surface area contributed by atoms with Crippen LogP contribution in [0, 0.1) is 0 Å². The van der Waals surface area contributed by atoms with E-state index in [-0.39, 0.29) is 17.2 Å². The second-order valence-electron chi connectivity index (χ2n) is 10.2. The van der Waals surface area contributed by atoms with Gasteiger partial charge in [-0.3, -0.25) is 9.59 Å². The number of anilines is 2. The Morgan fingerprint density at radius 2 is 1.95 bits per heavy atom. The Morgan fingerprint density at radius 3 is 2.74 bits per heavy atom. The van der Waals surface area contributed by atoms with E-state index >= 15 is 0 Å². The predicted octanol–water partition coefficient (Wildman–Crippen LogP) is 3.47. The third kappa shape index (κ3) is 5.31. The zero-order chi connectivity index (χ0) is 26.9. The van der Waals surface area contributed by atoms with Crippen LogP contribution in [0.25, 0.3) is 21.4 Å². The van der Waals surface area contributed by atoms with Crippen molar-refractivity contribution in [3.8, 4) is 11.1 Å². The van der Waals surface area contributed by atoms with Gasteiger partial charge in [0.15, 0.2) is 11.5 Å². The number of primary amides is 1. The molecule has 39 heavy (non-hydrogen) atoms. The van der Waals surface area contributed by atoms with Crippen molar-refractivity contribution in [2.75, 3.05) is 36.5 Å². The minimum Gasteiger partial charge on any atom is -0.439 e. The van der Waals surface area contributed by atoms with E-state index in [0.29, 0.717) is 54.9 Å². The first-order valence-electron chi connectivity index (χ1n) is 13.3. The van der Waals surface area contributed by atoms with E-state index in [0.717, 1.165) is 40.8 Å². The van der Waals surface area contributed by atoms with Gasteiger partial charge in [-0.25, -0.2) is 4.98 Å². The number of hydrogen-bond acceptors (Lipinski definition) is 9. The quantitative estimate of drug-likeness (QED) is 0.311. The van der Waals surface area contributed by atoms with Gasteiger partial charge in [0.05, 0.1) is 31.1 Å². The second-order valence-corrected chi connectivity index (χ2v) is 11.9. The number of nitrogens with zero attached hydrogens (tertiary/aromatic N) is 2. The molecule has 2 aliphatic rings. The van der Waals surface area contributed by atoms with Crippen LogP contribution < -0.4 is 27.1 Å². The summed E-state index contributed by atoms with van der Waals surface area (Å²) >= 11 is 2.97. The van der Waals surface area contributed by atoms with Crippen molar-refractivity contribution >= 4 is 50.4 Å². The predicted molar refractivity (Wildman–Crippen MR) is 155 cm³/mol. The molecule has 9 nitrogen and oxygen atoms in total. The molecule has 2 atom stereocenters. The number of carbonyl (C=O) groups is 1. The standard InChI is InChI=1S/C28H31N5O4S2/c29-21-3-1-2-4-22(21)32-18-10-16(25(28(30)35)31-12-18)9-17-13-38-14-19(17)20-15-39-27-23(34)11-24(37-26(20)27)33-5-7-36-8-6-33/h10-15,21-22,32H,1-9,29H2,(H2,30,35)/p+1/t21-,22+/m1/s1. The molecule has 4 aromatic rings. The van der Waals surface area contributed by atoms with Gasteiger partial charge < -0.3 is 30.8 Å². The van der Waals surface area contributed by atoms with E-state index < -0.39 is 5.91 Å². The van der Waals surface area contributed by atoms with Gasteiger partial charge >= 0.3 is 0 Å². The Bertz CT molecular complexity index is 1560. The van der Waals surface area contributed by atoms with Crippen LogP contribution in [0.2, 0.25) is 0 Å². The minimum atomic E-state index is -0.553. The lowest BCUT2D eigenvalue weighted by Gasteiger charge is -2.27. The number of amides is 1. The molecule has 5 heterocycles. The Hall–Kier alpha value is -3.25. The van der Waals surface area contributed by atoms with Crippen molar-refractivity contribution in [1.82, 2.24) is 4.98 Å². The summed E-state index contributed by atoms with van der Waals surface area (Å²) in [6, 6.07) is 4.18. The van der Waals surface area contributed by atoms with Crippen molar-refractivity contribution in [2.24, 2.45) is 5.73 Å². The van der Waals surface area contributed by atoms with E-state index in [1.54, 1.807) is 23.6 Å². The highest BCUT2D eigenvalue weighted by molar-refractivity contribution is 7.17. The molecule has 1 saturated carbocycles. The number of nitrogens with two attached hydrogens (primary N) is 1. The lowest BCUT2D eigenvalue weighted by Crippen LogP contribution is -2.68. The molecule has 1 saturated heterocycles. The van der Waals surface area contributed by atoms with Crippen molar-refractivity contribution in [1.29, 1.82) is 0 Å². The summed E-state index contributed by atoms with van der Waals surface area (Å²) in [5, 5.41) is 9.70. The van der Waals surface area contributed by atoms with Crippen LogP contribution in [0.4, 0.5) is 11.6 Å². The van der Waals surface area contributed by atoms with Crippen LogP contribution in [0.5, 0.6) is 0 Å². The molecule has 0 spiro atoms. The van der Waals surface area contributed by atoms with Crippen LogP contribution >= 0.6 is 22.7 Å². The van der Waals surface area contributed by atoms with Gasteiger partial charge in [-0.05, 0) is 40.8 Å². The van der Waals surface area contributed by atoms with Crippen LogP contribution in [-0.2, 0) is 11.2 Å². The van der Waals surface area contributed by atoms with Crippen molar-refractivity contribution in [3.63, 3.8) is 0 Å². The SMILES string of the molecule is NC(=O)c1ncc(N[C@H]2CCCC[C@H]2[NH3+])cc1Cc1cscc1-c1csc2c(=O)cc(N3CCOCC3)oc12. The number of thiophene rings is 2. The maximum Gasteiger partial charge on any atom is 0.267 e. The van der Waals surface area contributed by atoms with E-state index in [1.165, 1.54) is 24.2 Å². The van der Waals surface area contributed by atoms with Crippen LogP contribution in [0.3, 0.4) is 0 Å². The second kappa shape index (κ2) is 11.1. The fourth-order valence-corrected chi connectivity index (χ4v) is 7.28. The molecule has 204 valence electrons. The zero-order valence-electron chi connectivity index (χ0n) is 21.6. The molecule has 0 radical (unpaired) electrons. The number of carbonyl (C=O) groups excluding carboxylic acids is 1. The molecule has 1 aliphatic carbocycles. The van der Waals surface area contributed by atoms with E-state index in [2.05, 4.69) is 26.8 Å². The molecule has 6 rings (SSSR count). The number of nitrogens with one attached hydrogen (secondary N) is 1. The monoisotopic (exact) mass is 566 g/mol. The Kier molecular flexibility index (Phi) is 7.39. The summed E-state index contributed by atoms with van der Waals surface area (Å²) in [5.41, 5.74) is 15.4. The number of morpholine rings is 1. The number of hydrogen-bond donors (Lipinski definition) is 3. The number of ether oxygens (including phenoxy) is 1. The minimum absolute atomic E-state index is 0.0452. The highest BCUT2D eigenvalue weighted by Crippen LogP contribution is 2.39. The fraction of sp³-hybridized carbons (Fsp3) is 0.393. The smallest absolute Gasteiger partial charge is 0.267 e. The van der Waals surface area contributed by atoms with Gasteiger partial charge in [-0.2, -0.15) is 11.3 Å². The highest BCUT2D eigenvalue weighted by atomic mass is 32.1. The van der Waals surface area contributed by atoms with Gasteiger partial charge in [0.25, 0.3) is 5.91 Å². The molecule has 0 bridgehead atoms. The topological polar surface area (TPSA) is 138 Å². The molecule has 0 unspecified atom stereocenters. The summed E-state index contributed by atoms with van der Waals surface area (Å²) < 4.78 is 12.4. The van der Waals surface area contributed by atoms with Crippen LogP contribution in [0.1, 0.15) is 47.3 Å². The number of pyridine rings is 1. The van der Waals surface area contributed by atoms with Gasteiger partial charge in [-0.1, -0.05) is 6.42 Å². The molecular formula is C28H32N5O4S2+. The zero-order valence-corrected chi connectivity index (χ0v) is 23.2. The lowest BCUT2D eigenvalue weighted by molar-refractivity contribution is -0.427. The summed E-state index contributed by atoms with van der Waals surface area (Å²) in [6.45, 7) is 2.57. The molecule has 2 fully saturated rings. The summed E-state index contributed by atoms with van der Waals surface area (Å²) in [4.78, 5) is 31.7. The van der Waals surface area contributed by atoms with Gasteiger partial charge in [-0.15, -0.1) is 11.3 Å². The highest BCUT2D eigenvalue weighted by Gasteiger charge is 2.26. The van der Waals surface area contributed by atoms with Crippen molar-refractivity contribution in [2.45, 2.75) is 44.2 Å². The van der Waals surface area contributed by atoms with Crippen molar-refractivity contribution in [3.05, 3.63) is 61.5 Å². The number of rotatable bonds is 7. The lowest BCUT2D eigenvalue weighted by atomic mass is 9.91. The molecule has 6 N–H and O–H groups in total. The van der Waals surface area contributed by atoms with Crippen molar-refractivity contribution < 1.29 is 19.7 Å². The first kappa shape index (κ1) is 26.0. The summed E-state index contributed by atoms with van der Waals surface area (Å²) in [5.74, 6) is 0.0146. The largest absolute Gasteiger partial charge is 0.439 e. The average molecular weight is 567 g/mol. The maximum absolute atomic E-state index is 13.0. The normalized spacial score (nSPS) is 19.9. The fourth-order valence-electron chi connectivity index (χ4n) is 5.52. The third-order valence-corrected chi connectivity index (χ3v) is 9.40. The number of aromatic nitrogens is 1. The number of fused-ring (bicyclic) bond motifs is 1. The average Bonchev–Trinajstić information content (AvgIpc) is 3.57. The van der Waals surface area contributed by atoms with E-state index in [9.17, 15) is 9.59 Å². The molecule has 1 amide bonds. The van der Waals surface area contributed by atoms with Gasteiger partial charge in [0.1, 0.15) is 16.4 Å². The first-order valence-corrected chi connectivity index (χ1v) is 15.1. The Labute approximate surface area is 233 Å². The molecular weight excluding hydrogens is 534 g/mol. The summed E-state index contributed by atoms with van der Waals surface area (Å²) in [6.07, 6.45) is 6.73. The maximum atomic E-state index is 13.0. The Balaban J connectivity index is 1.34. The Morgan fingerprint density at radius 1 is 1.13 bits per heavy atom. The molecule has 1 aliphatic heterocycles. The molecule has 0 aromatic carbocycles. The van der Waals surface area contributed by atoms with Crippen LogP contribution in [-0.4, -0.2) is 49.3 Å². The van der Waals surface area contributed by atoms with E-state index in [1.807, 2.05) is 16.3 Å². The summed E-state index contributed by atoms with van der Waals surface area (Å²) in [7, 11) is 0. The molecule has 11 heteroatoms. The number of quaternary nitrogens is 1. The van der Waals surface area contributed by atoms with E-state index in [4.69, 9.17) is 14.9 Å². The third-order valence-electron chi connectivity index (χ3n) is 7.63. The first-order chi connectivity index (χ1) is 19.0. The van der Waals surface area contributed by atoms with Crippen LogP contribution in [0.15, 0.2) is 43.7 Å². The van der Waals surface area contributed by atoms with Gasteiger partial charge in [0, 0.05) is 48.5 Å².